The van der Waals surface area contributed by atoms with Crippen molar-refractivity contribution < 1.29 is 0 Å². The number of aromatic amines is 1. The van der Waals surface area contributed by atoms with Gasteiger partial charge in [-0.25, -0.2) is 4.98 Å². The van der Waals surface area contributed by atoms with Crippen LogP contribution in [-0.4, -0.2) is 21.5 Å². The van der Waals surface area contributed by atoms with E-state index in [1.807, 2.05) is 6.92 Å². The Hall–Kier alpha value is -1.89. The lowest BCUT2D eigenvalue weighted by molar-refractivity contribution is 1.02. The fourth-order valence-corrected chi connectivity index (χ4v) is 1.87. The fourth-order valence-electron chi connectivity index (χ4n) is 1.29. The molecule has 90 valence electrons. The zero-order valence-electron chi connectivity index (χ0n) is 9.36. The lowest BCUT2D eigenvalue weighted by Crippen LogP contribution is -2.07. The molecule has 0 unspecified atom stereocenters. The van der Waals surface area contributed by atoms with Crippen molar-refractivity contribution in [3.63, 3.8) is 0 Å². The zero-order chi connectivity index (χ0) is 12.1. The van der Waals surface area contributed by atoms with E-state index < -0.39 is 0 Å². The van der Waals surface area contributed by atoms with Gasteiger partial charge >= 0.3 is 4.87 Å². The van der Waals surface area contributed by atoms with Gasteiger partial charge in [-0.05, 0) is 13.0 Å². The van der Waals surface area contributed by atoms with Crippen LogP contribution in [0.4, 0.5) is 11.8 Å². The van der Waals surface area contributed by atoms with E-state index in [-0.39, 0.29) is 4.87 Å². The summed E-state index contributed by atoms with van der Waals surface area (Å²) in [7, 11) is 0. The second-order valence-corrected chi connectivity index (χ2v) is 4.16. The molecule has 2 aromatic rings. The first-order chi connectivity index (χ1) is 8.28. The van der Waals surface area contributed by atoms with Gasteiger partial charge in [0, 0.05) is 23.8 Å². The second-order valence-electron chi connectivity index (χ2n) is 3.32. The third kappa shape index (κ3) is 3.28. The maximum Gasteiger partial charge on any atom is 0.304 e. The maximum absolute atomic E-state index is 10.9. The van der Waals surface area contributed by atoms with Gasteiger partial charge in [-0.1, -0.05) is 11.3 Å². The van der Waals surface area contributed by atoms with Crippen molar-refractivity contribution in [2.24, 2.45) is 0 Å². The quantitative estimate of drug-likeness (QED) is 0.745. The SMILES string of the molecule is CCNc1nccc(NCc2csc(=O)[nH]2)n1. The first-order valence-electron chi connectivity index (χ1n) is 5.25. The normalized spacial score (nSPS) is 10.2. The number of aromatic nitrogens is 3. The van der Waals surface area contributed by atoms with E-state index in [2.05, 4.69) is 25.6 Å². The van der Waals surface area contributed by atoms with Crippen LogP contribution in [0.5, 0.6) is 0 Å². The van der Waals surface area contributed by atoms with Gasteiger partial charge in [0.1, 0.15) is 5.82 Å². The lowest BCUT2D eigenvalue weighted by Gasteiger charge is -2.05. The second kappa shape index (κ2) is 5.44. The molecule has 3 N–H and O–H groups in total. The highest BCUT2D eigenvalue weighted by Crippen LogP contribution is 2.07. The molecule has 0 aliphatic heterocycles. The van der Waals surface area contributed by atoms with Gasteiger partial charge in [-0.2, -0.15) is 4.98 Å². The van der Waals surface area contributed by atoms with Crippen molar-refractivity contribution in [1.29, 1.82) is 0 Å². The van der Waals surface area contributed by atoms with E-state index in [4.69, 9.17) is 0 Å². The van der Waals surface area contributed by atoms with Crippen molar-refractivity contribution in [2.45, 2.75) is 13.5 Å². The van der Waals surface area contributed by atoms with Crippen molar-refractivity contribution in [2.75, 3.05) is 17.2 Å². The molecule has 0 fully saturated rings. The van der Waals surface area contributed by atoms with E-state index >= 15 is 0 Å². The van der Waals surface area contributed by atoms with Gasteiger partial charge < -0.3 is 15.6 Å². The minimum absolute atomic E-state index is 0.0437. The molecule has 0 amide bonds. The van der Waals surface area contributed by atoms with Crippen LogP contribution in [0.15, 0.2) is 22.4 Å². The molecular formula is C10H13N5OS. The highest BCUT2D eigenvalue weighted by atomic mass is 32.1. The smallest absolute Gasteiger partial charge is 0.304 e. The van der Waals surface area contributed by atoms with Crippen molar-refractivity contribution in [3.05, 3.63) is 33.0 Å². The molecule has 0 spiro atoms. The largest absolute Gasteiger partial charge is 0.364 e. The summed E-state index contributed by atoms with van der Waals surface area (Å²) in [5.41, 5.74) is 0.851. The van der Waals surface area contributed by atoms with Gasteiger partial charge in [0.05, 0.1) is 6.54 Å². The number of anilines is 2. The predicted molar refractivity (Wildman–Crippen MR) is 68.5 cm³/mol. The Balaban J connectivity index is 1.98. The first kappa shape index (κ1) is 11.6. The average Bonchev–Trinajstić information content (AvgIpc) is 2.74. The summed E-state index contributed by atoms with van der Waals surface area (Å²) in [5, 5.41) is 7.94. The Kier molecular flexibility index (Phi) is 3.71. The summed E-state index contributed by atoms with van der Waals surface area (Å²) in [6.07, 6.45) is 1.68. The molecule has 7 heteroatoms. The van der Waals surface area contributed by atoms with E-state index in [1.165, 1.54) is 0 Å². The Labute approximate surface area is 102 Å². The minimum atomic E-state index is -0.0437. The van der Waals surface area contributed by atoms with Crippen molar-refractivity contribution in [1.82, 2.24) is 15.0 Å². The Bertz CT molecular complexity index is 535. The maximum atomic E-state index is 10.9. The molecule has 17 heavy (non-hydrogen) atoms. The third-order valence-corrected chi connectivity index (χ3v) is 2.74. The van der Waals surface area contributed by atoms with Crippen LogP contribution in [-0.2, 0) is 6.54 Å². The highest BCUT2D eigenvalue weighted by molar-refractivity contribution is 7.07. The van der Waals surface area contributed by atoms with E-state index in [9.17, 15) is 4.79 Å². The van der Waals surface area contributed by atoms with Gasteiger partial charge in [0.15, 0.2) is 0 Å². The average molecular weight is 251 g/mol. The van der Waals surface area contributed by atoms with Gasteiger partial charge in [-0.15, -0.1) is 0 Å². The number of hydrogen-bond donors (Lipinski definition) is 3. The molecule has 0 aromatic carbocycles. The van der Waals surface area contributed by atoms with Crippen LogP contribution in [0.25, 0.3) is 0 Å². The van der Waals surface area contributed by atoms with Crippen LogP contribution in [0.1, 0.15) is 12.6 Å². The zero-order valence-corrected chi connectivity index (χ0v) is 10.2. The molecule has 0 bridgehead atoms. The number of H-pyrrole nitrogens is 1. The Morgan fingerprint density at radius 3 is 3.06 bits per heavy atom. The van der Waals surface area contributed by atoms with E-state index in [1.54, 1.807) is 17.6 Å². The van der Waals surface area contributed by atoms with Crippen LogP contribution < -0.4 is 15.5 Å². The predicted octanol–water partition coefficient (Wildman–Crippen LogP) is 1.27. The summed E-state index contributed by atoms with van der Waals surface area (Å²) >= 11 is 1.15. The first-order valence-corrected chi connectivity index (χ1v) is 6.13. The molecule has 2 heterocycles. The van der Waals surface area contributed by atoms with E-state index in [0.29, 0.717) is 12.5 Å². The summed E-state index contributed by atoms with van der Waals surface area (Å²) in [6.45, 7) is 3.31. The highest BCUT2D eigenvalue weighted by Gasteiger charge is 1.99. The van der Waals surface area contributed by atoms with Gasteiger partial charge in [0.25, 0.3) is 0 Å². The lowest BCUT2D eigenvalue weighted by atomic mass is 10.4. The van der Waals surface area contributed by atoms with E-state index in [0.717, 1.165) is 29.4 Å². The summed E-state index contributed by atoms with van der Waals surface area (Å²) in [5.74, 6) is 1.32. The topological polar surface area (TPSA) is 82.7 Å². The van der Waals surface area contributed by atoms with Crippen LogP contribution in [0, 0.1) is 0 Å². The number of rotatable bonds is 5. The molecule has 2 rings (SSSR count). The van der Waals surface area contributed by atoms with Crippen LogP contribution in [0.3, 0.4) is 0 Å². The summed E-state index contributed by atoms with van der Waals surface area (Å²) in [4.78, 5) is 22.0. The summed E-state index contributed by atoms with van der Waals surface area (Å²) in [6, 6.07) is 1.78. The van der Waals surface area contributed by atoms with Crippen molar-refractivity contribution in [3.8, 4) is 0 Å². The Morgan fingerprint density at radius 1 is 1.47 bits per heavy atom. The molecule has 0 saturated heterocycles. The molecule has 6 nitrogen and oxygen atoms in total. The molecule has 0 aliphatic rings. The Morgan fingerprint density at radius 2 is 2.35 bits per heavy atom. The molecule has 0 atom stereocenters. The number of nitrogens with one attached hydrogen (secondary N) is 3. The monoisotopic (exact) mass is 251 g/mol. The number of nitrogens with zero attached hydrogens (tertiary/aromatic N) is 2. The van der Waals surface area contributed by atoms with Crippen LogP contribution in [0.2, 0.25) is 0 Å². The molecule has 2 aromatic heterocycles. The standard InChI is InChI=1S/C10H13N5OS/c1-2-11-9-12-4-3-8(15-9)13-5-7-6-17-10(16)14-7/h3-4,6H,2,5H2,1H3,(H,14,16)(H2,11,12,13,15). The number of hydrogen-bond acceptors (Lipinski definition) is 6. The van der Waals surface area contributed by atoms with Gasteiger partial charge in [0.2, 0.25) is 5.95 Å². The molecular weight excluding hydrogens is 238 g/mol. The van der Waals surface area contributed by atoms with Crippen LogP contribution >= 0.6 is 11.3 Å². The summed E-state index contributed by atoms with van der Waals surface area (Å²) < 4.78 is 0. The number of thiazole rings is 1. The molecule has 0 saturated carbocycles. The molecule has 0 aliphatic carbocycles. The third-order valence-electron chi connectivity index (χ3n) is 2.02. The van der Waals surface area contributed by atoms with Crippen molar-refractivity contribution >= 4 is 23.1 Å². The van der Waals surface area contributed by atoms with Gasteiger partial charge in [-0.3, -0.25) is 4.79 Å². The molecule has 0 radical (unpaired) electrons. The fraction of sp³-hybridized carbons (Fsp3) is 0.300. The minimum Gasteiger partial charge on any atom is -0.364 e.